The molecular formula is C9H17N5O2. The van der Waals surface area contributed by atoms with Crippen LogP contribution in [0, 0.1) is 10.4 Å². The number of unbranched alkanes of at least 4 members (excludes halogenated alkanes) is 1. The van der Waals surface area contributed by atoms with Crippen molar-refractivity contribution in [3.05, 3.63) is 16.1 Å². The van der Waals surface area contributed by atoms with Gasteiger partial charge >= 0.3 is 0 Å². The van der Waals surface area contributed by atoms with E-state index in [-0.39, 0.29) is 13.2 Å². The van der Waals surface area contributed by atoms with E-state index in [2.05, 4.69) is 17.3 Å². The first-order valence-electron chi connectivity index (χ1n) is 5.52. The molecule has 7 nitrogen and oxygen atoms in total. The van der Waals surface area contributed by atoms with E-state index in [4.69, 9.17) is 0 Å². The first-order valence-corrected chi connectivity index (χ1v) is 5.52. The second-order valence-corrected chi connectivity index (χ2v) is 4.41. The molecule has 0 bridgehead atoms. The Hall–Kier alpha value is -1.34. The highest BCUT2D eigenvalue weighted by Crippen LogP contribution is 2.22. The van der Waals surface area contributed by atoms with Crippen molar-refractivity contribution in [3.8, 4) is 0 Å². The first kappa shape index (κ1) is 11.2. The van der Waals surface area contributed by atoms with Crippen molar-refractivity contribution in [1.29, 1.82) is 0 Å². The molecule has 0 radical (unpaired) electrons. The summed E-state index contributed by atoms with van der Waals surface area (Å²) in [6, 6.07) is 0. The fraction of sp³-hybridized carbons (Fsp3) is 0.778. The van der Waals surface area contributed by atoms with Crippen molar-refractivity contribution < 1.29 is 9.61 Å². The van der Waals surface area contributed by atoms with Crippen LogP contribution in [-0.4, -0.2) is 28.1 Å². The highest BCUT2D eigenvalue weighted by molar-refractivity contribution is 5.39. The Morgan fingerprint density at radius 2 is 2.38 bits per heavy atom. The molecule has 2 rings (SSSR count). The summed E-state index contributed by atoms with van der Waals surface area (Å²) in [6.45, 7) is 3.24. The zero-order valence-electron chi connectivity index (χ0n) is 9.64. The number of aromatic nitrogens is 3. The fourth-order valence-electron chi connectivity index (χ4n) is 1.86. The molecule has 0 aliphatic carbocycles. The van der Waals surface area contributed by atoms with E-state index < -0.39 is 4.65 Å². The van der Waals surface area contributed by atoms with Gasteiger partial charge in [0.05, 0.1) is 13.6 Å². The summed E-state index contributed by atoms with van der Waals surface area (Å²) in [6.07, 6.45) is 1.94. The number of nitrogens with zero attached hydrogens (tertiary/aromatic N) is 4. The van der Waals surface area contributed by atoms with E-state index in [0.717, 1.165) is 12.8 Å². The zero-order chi connectivity index (χ0) is 11.8. The molecule has 7 heteroatoms. The molecule has 1 unspecified atom stereocenters. The normalized spacial score (nSPS) is 23.9. The lowest BCUT2D eigenvalue weighted by Crippen LogP contribution is -2.45. The molecule has 0 saturated heterocycles. The number of rotatable bonds is 3. The van der Waals surface area contributed by atoms with Crippen LogP contribution in [0.5, 0.6) is 0 Å². The highest BCUT2D eigenvalue weighted by Gasteiger charge is 2.30. The molecular weight excluding hydrogens is 210 g/mol. The SMILES string of the molecule is CCCCn1c2c(n[n+]1[O-])C[N+](C)([O-])CN2. The summed E-state index contributed by atoms with van der Waals surface area (Å²) in [5.74, 6) is 0.704. The molecule has 1 aromatic heterocycles. The summed E-state index contributed by atoms with van der Waals surface area (Å²) in [5.41, 5.74) is 0.565. The lowest BCUT2D eigenvalue weighted by molar-refractivity contribution is -0.873. The number of quaternary nitrogens is 1. The number of hydrogen-bond donors (Lipinski definition) is 1. The van der Waals surface area contributed by atoms with Gasteiger partial charge in [-0.05, 0) is 6.42 Å². The Bertz CT molecular complexity index is 387. The standard InChI is InChI=1S/C9H17N5O2/c1-3-4-5-12-9-8(11-13(12)15)6-14(2,16)7-10-9/h10H,3-7H2,1-2H3. The van der Waals surface area contributed by atoms with Gasteiger partial charge in [0.25, 0.3) is 0 Å². The number of nitrogens with one attached hydrogen (secondary N) is 1. The maximum absolute atomic E-state index is 11.7. The molecule has 1 aliphatic heterocycles. The van der Waals surface area contributed by atoms with Gasteiger partial charge < -0.3 is 20.4 Å². The molecule has 1 atom stereocenters. The summed E-state index contributed by atoms with van der Waals surface area (Å²) in [4.78, 5) is 0.582. The van der Waals surface area contributed by atoms with Crippen LogP contribution in [-0.2, 0) is 13.1 Å². The van der Waals surface area contributed by atoms with Gasteiger partial charge in [-0.2, -0.15) is 0 Å². The smallest absolute Gasteiger partial charge is 0.212 e. The Morgan fingerprint density at radius 3 is 3.06 bits per heavy atom. The molecule has 1 aromatic rings. The molecule has 1 N–H and O–H groups in total. The number of anilines is 1. The van der Waals surface area contributed by atoms with E-state index in [1.54, 1.807) is 11.7 Å². The van der Waals surface area contributed by atoms with Crippen LogP contribution in [0.25, 0.3) is 0 Å². The third kappa shape index (κ3) is 1.96. The van der Waals surface area contributed by atoms with Gasteiger partial charge in [0.2, 0.25) is 11.5 Å². The number of fused-ring (bicyclic) bond motifs is 1. The average molecular weight is 227 g/mol. The number of hydroxylamine groups is 3. The van der Waals surface area contributed by atoms with Crippen molar-refractivity contribution >= 4 is 5.82 Å². The molecule has 90 valence electrons. The minimum absolute atomic E-state index is 0.254. The van der Waals surface area contributed by atoms with Crippen LogP contribution in [0.4, 0.5) is 5.82 Å². The van der Waals surface area contributed by atoms with Gasteiger partial charge in [-0.15, -0.1) is 0 Å². The second-order valence-electron chi connectivity index (χ2n) is 4.41. The van der Waals surface area contributed by atoms with E-state index in [1.165, 1.54) is 0 Å². The van der Waals surface area contributed by atoms with E-state index in [9.17, 15) is 10.4 Å². The molecule has 0 saturated carbocycles. The first-order chi connectivity index (χ1) is 7.53. The van der Waals surface area contributed by atoms with Crippen molar-refractivity contribution in [3.63, 3.8) is 0 Å². The fourth-order valence-corrected chi connectivity index (χ4v) is 1.86. The second kappa shape index (κ2) is 3.91. The van der Waals surface area contributed by atoms with Crippen molar-refractivity contribution in [1.82, 2.24) is 9.78 Å². The quantitative estimate of drug-likeness (QED) is 0.452. The van der Waals surface area contributed by atoms with Gasteiger partial charge in [0.15, 0.2) is 6.67 Å². The Kier molecular flexibility index (Phi) is 2.73. The largest absolute Gasteiger partial charge is 0.631 e. The maximum atomic E-state index is 11.7. The third-order valence-corrected chi connectivity index (χ3v) is 2.73. The zero-order valence-corrected chi connectivity index (χ0v) is 9.64. The maximum Gasteiger partial charge on any atom is 0.212 e. The third-order valence-electron chi connectivity index (χ3n) is 2.73. The van der Waals surface area contributed by atoms with Gasteiger partial charge in [0, 0.05) is 10.1 Å². The Labute approximate surface area is 94.0 Å². The monoisotopic (exact) mass is 227 g/mol. The van der Waals surface area contributed by atoms with Crippen molar-refractivity contribution in [2.24, 2.45) is 0 Å². The van der Waals surface area contributed by atoms with Gasteiger partial charge in [-0.3, -0.25) is 0 Å². The topological polar surface area (TPSA) is 79.8 Å². The van der Waals surface area contributed by atoms with Gasteiger partial charge in [-0.25, -0.2) is 0 Å². The number of hydrogen-bond acceptors (Lipinski definition) is 4. The minimum Gasteiger partial charge on any atom is -0.631 e. The highest BCUT2D eigenvalue weighted by atomic mass is 16.5. The van der Waals surface area contributed by atoms with Crippen molar-refractivity contribution in [2.45, 2.75) is 32.9 Å². The van der Waals surface area contributed by atoms with E-state index >= 15 is 0 Å². The molecule has 0 aromatic carbocycles. The van der Waals surface area contributed by atoms with Crippen LogP contribution in [0.1, 0.15) is 25.5 Å². The van der Waals surface area contributed by atoms with E-state index in [0.29, 0.717) is 23.0 Å². The molecule has 16 heavy (non-hydrogen) atoms. The summed E-state index contributed by atoms with van der Waals surface area (Å²) in [7, 11) is 1.57. The van der Waals surface area contributed by atoms with Gasteiger partial charge in [-0.1, -0.05) is 18.0 Å². The van der Waals surface area contributed by atoms with Crippen LogP contribution in [0.2, 0.25) is 0 Å². The van der Waals surface area contributed by atoms with Crippen LogP contribution >= 0.6 is 0 Å². The lowest BCUT2D eigenvalue weighted by Gasteiger charge is -2.40. The Balaban J connectivity index is 2.26. The lowest BCUT2D eigenvalue weighted by atomic mass is 10.3. The average Bonchev–Trinajstić information content (AvgIpc) is 2.48. The molecule has 0 fully saturated rings. The molecule has 0 spiro atoms. The van der Waals surface area contributed by atoms with Crippen LogP contribution < -0.4 is 10.3 Å². The van der Waals surface area contributed by atoms with Crippen LogP contribution in [0.3, 0.4) is 0 Å². The summed E-state index contributed by atoms with van der Waals surface area (Å²) < 4.78 is 1.12. The molecule has 2 heterocycles. The molecule has 0 amide bonds. The minimum atomic E-state index is -0.433. The van der Waals surface area contributed by atoms with Crippen molar-refractivity contribution in [2.75, 3.05) is 19.0 Å². The Morgan fingerprint density at radius 1 is 1.62 bits per heavy atom. The van der Waals surface area contributed by atoms with E-state index in [1.807, 2.05) is 0 Å². The molecule has 1 aliphatic rings. The predicted octanol–water partition coefficient (Wildman–Crippen LogP) is 0.144. The summed E-state index contributed by atoms with van der Waals surface area (Å²) >= 11 is 0. The summed E-state index contributed by atoms with van der Waals surface area (Å²) in [5, 5.41) is 30.1. The van der Waals surface area contributed by atoms with Gasteiger partial charge in [0.1, 0.15) is 6.54 Å². The predicted molar refractivity (Wildman–Crippen MR) is 57.8 cm³/mol. The van der Waals surface area contributed by atoms with Crippen LogP contribution in [0.15, 0.2) is 0 Å².